The first-order valence-electron chi connectivity index (χ1n) is 7.59. The molecule has 1 heterocycles. The number of rotatable bonds is 7. The number of hydrogen-bond donors (Lipinski definition) is 2. The van der Waals surface area contributed by atoms with Crippen molar-refractivity contribution in [2.45, 2.75) is 57.8 Å². The van der Waals surface area contributed by atoms with Gasteiger partial charge in [0, 0.05) is 24.4 Å². The Morgan fingerprint density at radius 3 is 2.74 bits per heavy atom. The van der Waals surface area contributed by atoms with E-state index in [1.165, 1.54) is 36.9 Å². The van der Waals surface area contributed by atoms with Crippen LogP contribution in [0.4, 0.5) is 5.82 Å². The molecular weight excluding hydrogens is 238 g/mol. The predicted molar refractivity (Wildman–Crippen MR) is 77.3 cm³/mol. The fourth-order valence-electron chi connectivity index (χ4n) is 2.65. The minimum Gasteiger partial charge on any atom is -0.396 e. The summed E-state index contributed by atoms with van der Waals surface area (Å²) >= 11 is 0. The first-order chi connectivity index (χ1) is 9.42. The van der Waals surface area contributed by atoms with Crippen LogP contribution in [0, 0.1) is 0 Å². The molecule has 2 N–H and O–H groups in total. The third-order valence-electron chi connectivity index (χ3n) is 3.75. The molecule has 106 valence electrons. The number of nitrogens with zero attached hydrogens (tertiary/aromatic N) is 2. The molecule has 0 amide bonds. The zero-order valence-electron chi connectivity index (χ0n) is 11.7. The van der Waals surface area contributed by atoms with E-state index in [-0.39, 0.29) is 0 Å². The Balaban J connectivity index is 1.83. The Kier molecular flexibility index (Phi) is 6.08. The maximum absolute atomic E-state index is 8.73. The Hall–Kier alpha value is -1.16. The third-order valence-corrected chi connectivity index (χ3v) is 3.75. The number of aliphatic hydroxyl groups excluding tert-OH is 1. The molecule has 0 atom stereocenters. The van der Waals surface area contributed by atoms with Gasteiger partial charge in [-0.2, -0.15) is 0 Å². The molecule has 0 spiro atoms. The molecule has 1 aliphatic carbocycles. The lowest BCUT2D eigenvalue weighted by molar-refractivity contribution is 0.283. The molecule has 1 aromatic rings. The van der Waals surface area contributed by atoms with E-state index in [4.69, 9.17) is 5.11 Å². The van der Waals surface area contributed by atoms with Gasteiger partial charge >= 0.3 is 0 Å². The van der Waals surface area contributed by atoms with Crippen molar-refractivity contribution < 1.29 is 5.11 Å². The van der Waals surface area contributed by atoms with Crippen LogP contribution in [-0.2, 0) is 12.8 Å². The summed E-state index contributed by atoms with van der Waals surface area (Å²) < 4.78 is 0. The van der Waals surface area contributed by atoms with E-state index in [0.29, 0.717) is 6.61 Å². The van der Waals surface area contributed by atoms with Gasteiger partial charge in [-0.25, -0.2) is 9.97 Å². The quantitative estimate of drug-likeness (QED) is 0.586. The lowest BCUT2D eigenvalue weighted by Gasteiger charge is -2.12. The molecule has 0 aromatic carbocycles. The minimum absolute atomic E-state index is 0.312. The molecule has 0 bridgehead atoms. The summed E-state index contributed by atoms with van der Waals surface area (Å²) in [7, 11) is 0. The topological polar surface area (TPSA) is 58.0 Å². The van der Waals surface area contributed by atoms with E-state index in [1.54, 1.807) is 6.33 Å². The van der Waals surface area contributed by atoms with Gasteiger partial charge in [-0.05, 0) is 38.5 Å². The van der Waals surface area contributed by atoms with Crippen LogP contribution in [0.2, 0.25) is 0 Å². The number of hydrogen-bond acceptors (Lipinski definition) is 4. The second-order valence-corrected chi connectivity index (χ2v) is 5.27. The van der Waals surface area contributed by atoms with Crippen LogP contribution in [0.3, 0.4) is 0 Å². The van der Waals surface area contributed by atoms with Gasteiger partial charge in [0.2, 0.25) is 0 Å². The zero-order valence-corrected chi connectivity index (χ0v) is 11.7. The number of aromatic nitrogens is 2. The van der Waals surface area contributed by atoms with Crippen LogP contribution in [0.5, 0.6) is 0 Å². The summed E-state index contributed by atoms with van der Waals surface area (Å²) in [5.41, 5.74) is 2.59. The number of aliphatic hydroxyl groups is 1. The van der Waals surface area contributed by atoms with Crippen molar-refractivity contribution in [3.8, 4) is 0 Å². The summed E-state index contributed by atoms with van der Waals surface area (Å²) in [4.78, 5) is 8.84. The first-order valence-corrected chi connectivity index (χ1v) is 7.59. The molecule has 0 unspecified atom stereocenters. The minimum atomic E-state index is 0.312. The summed E-state index contributed by atoms with van der Waals surface area (Å²) in [5.74, 6) is 1.05. The van der Waals surface area contributed by atoms with Gasteiger partial charge in [0.25, 0.3) is 0 Å². The van der Waals surface area contributed by atoms with Crippen molar-refractivity contribution in [2.24, 2.45) is 0 Å². The van der Waals surface area contributed by atoms with Crippen molar-refractivity contribution in [1.29, 1.82) is 0 Å². The van der Waals surface area contributed by atoms with Crippen molar-refractivity contribution in [2.75, 3.05) is 18.5 Å². The fraction of sp³-hybridized carbons (Fsp3) is 0.733. The van der Waals surface area contributed by atoms with E-state index in [9.17, 15) is 0 Å². The maximum Gasteiger partial charge on any atom is 0.132 e. The van der Waals surface area contributed by atoms with Crippen LogP contribution in [-0.4, -0.2) is 28.2 Å². The molecule has 4 nitrogen and oxygen atoms in total. The molecule has 2 rings (SSSR count). The van der Waals surface area contributed by atoms with E-state index >= 15 is 0 Å². The average Bonchev–Trinajstić information content (AvgIpc) is 2.68. The number of aryl methyl sites for hydroxylation is 1. The van der Waals surface area contributed by atoms with Crippen molar-refractivity contribution >= 4 is 5.82 Å². The SMILES string of the molecule is OCCCCCCNc1ncnc2c1CCCCC2. The Morgan fingerprint density at radius 2 is 1.84 bits per heavy atom. The number of unbranched alkanes of at least 4 members (excludes halogenated alkanes) is 3. The Bertz CT molecular complexity index is 382. The molecule has 1 aromatic heterocycles. The predicted octanol–water partition coefficient (Wildman–Crippen LogP) is 2.71. The van der Waals surface area contributed by atoms with E-state index in [1.807, 2.05) is 0 Å². The Morgan fingerprint density at radius 1 is 1.00 bits per heavy atom. The van der Waals surface area contributed by atoms with Crippen LogP contribution < -0.4 is 5.32 Å². The van der Waals surface area contributed by atoms with E-state index < -0.39 is 0 Å². The standard InChI is InChI=1S/C15H25N3O/c19-11-7-2-1-6-10-16-15-13-8-4-3-5-9-14(13)17-12-18-15/h12,19H,1-11H2,(H,16,17,18). The van der Waals surface area contributed by atoms with Gasteiger partial charge in [-0.15, -0.1) is 0 Å². The molecule has 19 heavy (non-hydrogen) atoms. The second kappa shape index (κ2) is 8.10. The third kappa shape index (κ3) is 4.46. The Labute approximate surface area is 115 Å². The molecule has 4 heteroatoms. The monoisotopic (exact) mass is 263 g/mol. The molecule has 0 radical (unpaired) electrons. The largest absolute Gasteiger partial charge is 0.396 e. The molecule has 0 aliphatic heterocycles. The average molecular weight is 263 g/mol. The fourth-order valence-corrected chi connectivity index (χ4v) is 2.65. The highest BCUT2D eigenvalue weighted by atomic mass is 16.2. The van der Waals surface area contributed by atoms with Gasteiger partial charge in [-0.3, -0.25) is 0 Å². The van der Waals surface area contributed by atoms with E-state index in [2.05, 4.69) is 15.3 Å². The highest BCUT2D eigenvalue weighted by Gasteiger charge is 2.13. The highest BCUT2D eigenvalue weighted by Crippen LogP contribution is 2.23. The highest BCUT2D eigenvalue weighted by molar-refractivity contribution is 5.46. The van der Waals surface area contributed by atoms with Crippen molar-refractivity contribution in [3.63, 3.8) is 0 Å². The van der Waals surface area contributed by atoms with E-state index in [0.717, 1.165) is 44.5 Å². The van der Waals surface area contributed by atoms with Gasteiger partial charge in [0.05, 0.1) is 0 Å². The van der Waals surface area contributed by atoms with Crippen molar-refractivity contribution in [3.05, 3.63) is 17.6 Å². The van der Waals surface area contributed by atoms with Gasteiger partial charge in [0.15, 0.2) is 0 Å². The van der Waals surface area contributed by atoms with Crippen molar-refractivity contribution in [1.82, 2.24) is 9.97 Å². The lowest BCUT2D eigenvalue weighted by Crippen LogP contribution is -2.09. The number of fused-ring (bicyclic) bond motifs is 1. The summed E-state index contributed by atoms with van der Waals surface area (Å²) in [6, 6.07) is 0. The molecule has 0 fully saturated rings. The van der Waals surface area contributed by atoms with Crippen LogP contribution in [0.15, 0.2) is 6.33 Å². The maximum atomic E-state index is 8.73. The number of nitrogens with one attached hydrogen (secondary N) is 1. The van der Waals surface area contributed by atoms with Gasteiger partial charge in [0.1, 0.15) is 12.1 Å². The van der Waals surface area contributed by atoms with Gasteiger partial charge < -0.3 is 10.4 Å². The van der Waals surface area contributed by atoms with Crippen LogP contribution in [0.1, 0.15) is 56.2 Å². The molecular formula is C15H25N3O. The summed E-state index contributed by atoms with van der Waals surface area (Å²) in [6.45, 7) is 1.28. The molecule has 0 saturated carbocycles. The van der Waals surface area contributed by atoms with Crippen LogP contribution >= 0.6 is 0 Å². The number of anilines is 1. The zero-order chi connectivity index (χ0) is 13.3. The molecule has 0 saturated heterocycles. The smallest absolute Gasteiger partial charge is 0.132 e. The normalized spacial score (nSPS) is 14.8. The first kappa shape index (κ1) is 14.3. The lowest BCUT2D eigenvalue weighted by atomic mass is 10.1. The summed E-state index contributed by atoms with van der Waals surface area (Å²) in [5, 5.41) is 12.2. The van der Waals surface area contributed by atoms with Crippen LogP contribution in [0.25, 0.3) is 0 Å². The second-order valence-electron chi connectivity index (χ2n) is 5.27. The summed E-state index contributed by atoms with van der Waals surface area (Å²) in [6.07, 6.45) is 12.1. The van der Waals surface area contributed by atoms with Gasteiger partial charge in [-0.1, -0.05) is 19.3 Å². The molecule has 1 aliphatic rings.